The summed E-state index contributed by atoms with van der Waals surface area (Å²) in [4.78, 5) is 32.5. The molecule has 0 radical (unpaired) electrons. The second-order valence-corrected chi connectivity index (χ2v) is 11.2. The number of carbonyl (C=O) groups is 2. The fourth-order valence-electron chi connectivity index (χ4n) is 6.69. The van der Waals surface area contributed by atoms with E-state index in [0.717, 1.165) is 35.8 Å². The molecule has 37 heavy (non-hydrogen) atoms. The first-order chi connectivity index (χ1) is 17.9. The van der Waals surface area contributed by atoms with Gasteiger partial charge < -0.3 is 24.4 Å². The normalized spacial score (nSPS) is 28.5. The highest BCUT2D eigenvalue weighted by atomic mass is 16.5. The highest BCUT2D eigenvalue weighted by Crippen LogP contribution is 2.74. The van der Waals surface area contributed by atoms with Crippen LogP contribution in [0.15, 0.2) is 48.7 Å². The SMILES string of the molecule is COc1cc2nccc(Oc3ccc(NC(=O)C45CC(C(=O)N6CC7CC7C6)(C4)C5)cc3)c2cc1OC. The third-order valence-corrected chi connectivity index (χ3v) is 8.78. The lowest BCUT2D eigenvalue weighted by Crippen LogP contribution is -2.71. The van der Waals surface area contributed by atoms with Gasteiger partial charge in [-0.1, -0.05) is 0 Å². The Morgan fingerprint density at radius 1 is 0.919 bits per heavy atom. The van der Waals surface area contributed by atoms with Crippen molar-refractivity contribution in [2.45, 2.75) is 25.7 Å². The molecular weight excluding hydrogens is 470 g/mol. The van der Waals surface area contributed by atoms with Crippen molar-refractivity contribution in [2.24, 2.45) is 22.7 Å². The number of nitrogens with zero attached hydrogens (tertiary/aromatic N) is 2. The van der Waals surface area contributed by atoms with Crippen LogP contribution in [0.3, 0.4) is 0 Å². The Balaban J connectivity index is 0.996. The summed E-state index contributed by atoms with van der Waals surface area (Å²) in [5, 5.41) is 3.85. The minimum absolute atomic E-state index is 0.0151. The number of rotatable bonds is 7. The molecule has 190 valence electrons. The molecule has 2 atom stereocenters. The number of ether oxygens (including phenoxy) is 3. The monoisotopic (exact) mass is 499 g/mol. The molecule has 4 saturated carbocycles. The molecule has 1 aliphatic heterocycles. The fourth-order valence-corrected chi connectivity index (χ4v) is 6.69. The molecule has 2 aromatic carbocycles. The lowest BCUT2D eigenvalue weighted by molar-refractivity contribution is -0.212. The van der Waals surface area contributed by atoms with Crippen molar-refractivity contribution in [1.82, 2.24) is 9.88 Å². The number of fused-ring (bicyclic) bond motifs is 2. The third kappa shape index (κ3) is 3.45. The number of anilines is 1. The molecule has 8 heteroatoms. The van der Waals surface area contributed by atoms with E-state index < -0.39 is 0 Å². The van der Waals surface area contributed by atoms with Crippen LogP contribution in [0.1, 0.15) is 25.7 Å². The average molecular weight is 500 g/mol. The van der Waals surface area contributed by atoms with Gasteiger partial charge in [-0.15, -0.1) is 0 Å². The lowest BCUT2D eigenvalue weighted by atomic mass is 9.34. The van der Waals surface area contributed by atoms with Crippen LogP contribution in [0, 0.1) is 22.7 Å². The number of amides is 2. The molecule has 1 saturated heterocycles. The van der Waals surface area contributed by atoms with Crippen LogP contribution in [0.5, 0.6) is 23.0 Å². The predicted octanol–water partition coefficient (Wildman–Crippen LogP) is 4.63. The molecule has 2 unspecified atom stereocenters. The number of hydrogen-bond acceptors (Lipinski definition) is 6. The van der Waals surface area contributed by atoms with Gasteiger partial charge in [0.1, 0.15) is 11.5 Å². The zero-order chi connectivity index (χ0) is 25.4. The average Bonchev–Trinajstić information content (AvgIpc) is 3.47. The Morgan fingerprint density at radius 2 is 1.59 bits per heavy atom. The van der Waals surface area contributed by atoms with Gasteiger partial charge >= 0.3 is 0 Å². The fraction of sp³-hybridized carbons (Fsp3) is 0.414. The maximum Gasteiger partial charge on any atom is 0.230 e. The van der Waals surface area contributed by atoms with Crippen LogP contribution in [0.4, 0.5) is 5.69 Å². The Hall–Kier alpha value is -3.81. The standard InChI is InChI=1S/C29H29N3O5/c1-35-24-10-21-22(11-25(24)36-2)30-8-7-23(21)37-20-5-3-19(4-6-20)31-26(33)28-14-29(15-28,16-28)27(34)32-12-17-9-18(17)13-32/h3-8,10-11,17-18H,9,12-16H2,1-2H3,(H,31,33). The maximum absolute atomic E-state index is 13.0. The van der Waals surface area contributed by atoms with Gasteiger partial charge in [0.05, 0.1) is 30.6 Å². The molecule has 8 rings (SSSR count). The zero-order valence-electron chi connectivity index (χ0n) is 21.0. The minimum Gasteiger partial charge on any atom is -0.493 e. The van der Waals surface area contributed by atoms with Crippen LogP contribution >= 0.6 is 0 Å². The molecule has 8 nitrogen and oxygen atoms in total. The maximum atomic E-state index is 13.0. The summed E-state index contributed by atoms with van der Waals surface area (Å²) in [5.74, 6) is 4.26. The minimum atomic E-state index is -0.385. The van der Waals surface area contributed by atoms with Gasteiger partial charge in [0, 0.05) is 36.4 Å². The summed E-state index contributed by atoms with van der Waals surface area (Å²) in [6.07, 6.45) is 5.02. The largest absolute Gasteiger partial charge is 0.493 e. The van der Waals surface area contributed by atoms with Crippen LogP contribution in [0.2, 0.25) is 0 Å². The Morgan fingerprint density at radius 3 is 2.27 bits per heavy atom. The number of nitrogens with one attached hydrogen (secondary N) is 1. The van der Waals surface area contributed by atoms with E-state index in [1.54, 1.807) is 26.5 Å². The molecule has 5 fully saturated rings. The van der Waals surface area contributed by atoms with E-state index in [0.29, 0.717) is 47.9 Å². The van der Waals surface area contributed by atoms with Crippen molar-refractivity contribution >= 4 is 28.4 Å². The first kappa shape index (κ1) is 22.4. The molecule has 1 N–H and O–H groups in total. The van der Waals surface area contributed by atoms with E-state index >= 15 is 0 Å². The number of pyridine rings is 1. The topological polar surface area (TPSA) is 90.0 Å². The Bertz CT molecular complexity index is 1410. The Kier molecular flexibility index (Phi) is 4.75. The van der Waals surface area contributed by atoms with E-state index in [4.69, 9.17) is 14.2 Å². The second-order valence-electron chi connectivity index (χ2n) is 11.2. The van der Waals surface area contributed by atoms with E-state index in [9.17, 15) is 9.59 Å². The van der Waals surface area contributed by atoms with Gasteiger partial charge in [0.15, 0.2) is 11.5 Å². The number of aromatic nitrogens is 1. The van der Waals surface area contributed by atoms with Crippen molar-refractivity contribution in [3.8, 4) is 23.0 Å². The molecule has 4 aliphatic carbocycles. The highest BCUT2D eigenvalue weighted by Gasteiger charge is 2.75. The number of benzene rings is 2. The van der Waals surface area contributed by atoms with Gasteiger partial charge in [0.25, 0.3) is 0 Å². The van der Waals surface area contributed by atoms with E-state index in [2.05, 4.69) is 15.2 Å². The Labute approximate surface area is 214 Å². The molecule has 0 spiro atoms. The van der Waals surface area contributed by atoms with Gasteiger partial charge in [-0.05, 0) is 73.9 Å². The van der Waals surface area contributed by atoms with Crippen LogP contribution in [-0.4, -0.2) is 49.0 Å². The van der Waals surface area contributed by atoms with Crippen molar-refractivity contribution in [2.75, 3.05) is 32.6 Å². The van der Waals surface area contributed by atoms with E-state index in [1.165, 1.54) is 6.42 Å². The molecule has 2 amide bonds. The van der Waals surface area contributed by atoms with Gasteiger partial charge in [-0.2, -0.15) is 0 Å². The van der Waals surface area contributed by atoms with E-state index in [1.807, 2.05) is 36.4 Å². The van der Waals surface area contributed by atoms with Crippen molar-refractivity contribution in [3.63, 3.8) is 0 Å². The zero-order valence-corrected chi connectivity index (χ0v) is 21.0. The van der Waals surface area contributed by atoms with Gasteiger partial charge in [-0.25, -0.2) is 0 Å². The number of methoxy groups -OCH3 is 2. The summed E-state index contributed by atoms with van der Waals surface area (Å²) in [6, 6.07) is 12.8. The number of carbonyl (C=O) groups excluding carboxylic acids is 2. The summed E-state index contributed by atoms with van der Waals surface area (Å²) in [5.41, 5.74) is 0.790. The summed E-state index contributed by atoms with van der Waals surface area (Å²) >= 11 is 0. The van der Waals surface area contributed by atoms with Crippen molar-refractivity contribution in [3.05, 3.63) is 48.7 Å². The summed E-state index contributed by atoms with van der Waals surface area (Å²) in [6.45, 7) is 1.85. The van der Waals surface area contributed by atoms with Crippen LogP contribution < -0.4 is 19.5 Å². The van der Waals surface area contributed by atoms with Crippen molar-refractivity contribution < 1.29 is 23.8 Å². The van der Waals surface area contributed by atoms with Crippen LogP contribution in [-0.2, 0) is 9.59 Å². The first-order valence-corrected chi connectivity index (χ1v) is 12.8. The van der Waals surface area contributed by atoms with E-state index in [-0.39, 0.29) is 22.6 Å². The van der Waals surface area contributed by atoms with Gasteiger partial charge in [0.2, 0.25) is 11.8 Å². The number of hydrogen-bond donors (Lipinski definition) is 1. The molecule has 2 bridgehead atoms. The smallest absolute Gasteiger partial charge is 0.230 e. The molecule has 5 aliphatic rings. The number of likely N-dealkylation sites (tertiary alicyclic amines) is 1. The highest BCUT2D eigenvalue weighted by molar-refractivity contribution is 6.02. The predicted molar refractivity (Wildman–Crippen MR) is 137 cm³/mol. The molecule has 2 heterocycles. The molecular formula is C29H29N3O5. The van der Waals surface area contributed by atoms with Gasteiger partial charge in [-0.3, -0.25) is 14.6 Å². The first-order valence-electron chi connectivity index (χ1n) is 12.8. The quantitative estimate of drug-likeness (QED) is 0.510. The summed E-state index contributed by atoms with van der Waals surface area (Å²) < 4.78 is 16.9. The molecule has 1 aromatic heterocycles. The second kappa shape index (κ2) is 7.84. The third-order valence-electron chi connectivity index (χ3n) is 8.78. The molecule has 3 aromatic rings. The van der Waals surface area contributed by atoms with Crippen molar-refractivity contribution in [1.29, 1.82) is 0 Å². The lowest BCUT2D eigenvalue weighted by Gasteiger charge is -2.68. The number of piperidine rings is 1. The van der Waals surface area contributed by atoms with Crippen LogP contribution in [0.25, 0.3) is 10.9 Å². The summed E-state index contributed by atoms with van der Waals surface area (Å²) in [7, 11) is 3.18.